The molecule has 0 aliphatic carbocycles. The molecule has 0 radical (unpaired) electrons. The van der Waals surface area contributed by atoms with Gasteiger partial charge in [-0.15, -0.1) is 0 Å². The van der Waals surface area contributed by atoms with Gasteiger partial charge in [0, 0.05) is 50.8 Å². The second kappa shape index (κ2) is 11.3. The van der Waals surface area contributed by atoms with Crippen LogP contribution in [0.2, 0.25) is 0 Å². The number of hydrogen-bond donors (Lipinski definition) is 1. The van der Waals surface area contributed by atoms with Gasteiger partial charge in [-0.25, -0.2) is 0 Å². The Morgan fingerprint density at radius 2 is 2.04 bits per heavy atom. The van der Waals surface area contributed by atoms with Gasteiger partial charge < -0.3 is 19.9 Å². The minimum atomic E-state index is 0.724. The minimum absolute atomic E-state index is 0.724. The van der Waals surface area contributed by atoms with Crippen LogP contribution in [0.4, 0.5) is 0 Å². The lowest BCUT2D eigenvalue weighted by Gasteiger charge is -2.37. The third-order valence-corrected chi connectivity index (χ3v) is 6.83. The maximum atomic E-state index is 5.19. The lowest BCUT2D eigenvalue weighted by molar-refractivity contribution is 0.121. The summed E-state index contributed by atoms with van der Waals surface area (Å²) in [5.74, 6) is 3.81. The molecule has 2 heterocycles. The fourth-order valence-corrected chi connectivity index (χ4v) is 4.82. The van der Waals surface area contributed by atoms with Crippen molar-refractivity contribution in [3.63, 3.8) is 0 Å². The van der Waals surface area contributed by atoms with Crippen molar-refractivity contribution >= 4 is 17.7 Å². The van der Waals surface area contributed by atoms with E-state index in [9.17, 15) is 0 Å². The fourth-order valence-electron chi connectivity index (χ4n) is 3.53. The average molecular weight is 371 g/mol. The molecule has 0 aromatic heterocycles. The standard InChI is InChI=1S/C19H38N4OS/c1-5-20-19(23-11-13-25-18(15-23)16(2)3)21-14-17-6-8-22(9-7-17)10-12-24-4/h16-18H,5-15H2,1-4H3,(H,20,21). The molecule has 1 unspecified atom stereocenters. The van der Waals surface area contributed by atoms with Gasteiger partial charge in [0.05, 0.1) is 6.61 Å². The first kappa shape index (κ1) is 20.8. The van der Waals surface area contributed by atoms with Gasteiger partial charge in [0.2, 0.25) is 0 Å². The molecular formula is C19H38N4OS. The molecule has 0 spiro atoms. The molecule has 2 rings (SSSR count). The second-order valence-corrected chi connectivity index (χ2v) is 8.92. The maximum Gasteiger partial charge on any atom is 0.193 e. The van der Waals surface area contributed by atoms with Crippen molar-refractivity contribution in [3.05, 3.63) is 0 Å². The van der Waals surface area contributed by atoms with Gasteiger partial charge in [0.15, 0.2) is 5.96 Å². The molecule has 1 N–H and O–H groups in total. The zero-order chi connectivity index (χ0) is 18.1. The highest BCUT2D eigenvalue weighted by molar-refractivity contribution is 8.00. The highest BCUT2D eigenvalue weighted by Crippen LogP contribution is 2.25. The van der Waals surface area contributed by atoms with Crippen molar-refractivity contribution in [2.24, 2.45) is 16.8 Å². The summed E-state index contributed by atoms with van der Waals surface area (Å²) >= 11 is 2.12. The highest BCUT2D eigenvalue weighted by Gasteiger charge is 2.25. The van der Waals surface area contributed by atoms with Crippen molar-refractivity contribution in [1.82, 2.24) is 15.1 Å². The van der Waals surface area contributed by atoms with E-state index in [1.807, 2.05) is 0 Å². The van der Waals surface area contributed by atoms with E-state index in [-0.39, 0.29) is 0 Å². The molecule has 0 aromatic carbocycles. The number of methoxy groups -OCH3 is 1. The Bertz CT molecular complexity index is 397. The van der Waals surface area contributed by atoms with E-state index in [0.29, 0.717) is 0 Å². The molecule has 146 valence electrons. The Kier molecular flexibility index (Phi) is 9.42. The van der Waals surface area contributed by atoms with Crippen LogP contribution in [0.15, 0.2) is 4.99 Å². The van der Waals surface area contributed by atoms with Gasteiger partial charge in [-0.1, -0.05) is 13.8 Å². The Balaban J connectivity index is 1.83. The number of ether oxygens (including phenoxy) is 1. The van der Waals surface area contributed by atoms with Crippen LogP contribution in [0.5, 0.6) is 0 Å². The molecule has 0 bridgehead atoms. The highest BCUT2D eigenvalue weighted by atomic mass is 32.2. The number of rotatable bonds is 7. The molecule has 0 aromatic rings. The summed E-state index contributed by atoms with van der Waals surface area (Å²) in [7, 11) is 1.78. The number of hydrogen-bond acceptors (Lipinski definition) is 4. The van der Waals surface area contributed by atoms with Crippen LogP contribution >= 0.6 is 11.8 Å². The van der Waals surface area contributed by atoms with Crippen LogP contribution in [0.3, 0.4) is 0 Å². The summed E-state index contributed by atoms with van der Waals surface area (Å²) in [6, 6.07) is 0. The molecule has 0 saturated carbocycles. The number of aliphatic imine (C=N–C) groups is 1. The average Bonchev–Trinajstić information content (AvgIpc) is 2.64. The molecule has 25 heavy (non-hydrogen) atoms. The SMILES string of the molecule is CCNC(=NCC1CCN(CCOC)CC1)N1CCSC(C(C)C)C1. The number of thioether (sulfide) groups is 1. The zero-order valence-corrected chi connectivity index (χ0v) is 17.5. The summed E-state index contributed by atoms with van der Waals surface area (Å²) in [6.07, 6.45) is 2.52. The van der Waals surface area contributed by atoms with E-state index in [1.54, 1.807) is 7.11 Å². The number of nitrogens with one attached hydrogen (secondary N) is 1. The lowest BCUT2D eigenvalue weighted by atomic mass is 9.97. The van der Waals surface area contributed by atoms with E-state index in [4.69, 9.17) is 9.73 Å². The summed E-state index contributed by atoms with van der Waals surface area (Å²) < 4.78 is 5.19. The van der Waals surface area contributed by atoms with Crippen molar-refractivity contribution < 1.29 is 4.74 Å². The van der Waals surface area contributed by atoms with Gasteiger partial charge in [-0.3, -0.25) is 4.99 Å². The van der Waals surface area contributed by atoms with Crippen LogP contribution in [0.1, 0.15) is 33.6 Å². The van der Waals surface area contributed by atoms with Crippen LogP contribution in [0.25, 0.3) is 0 Å². The number of nitrogens with zero attached hydrogens (tertiary/aromatic N) is 3. The van der Waals surface area contributed by atoms with E-state index >= 15 is 0 Å². The number of guanidine groups is 1. The van der Waals surface area contributed by atoms with Gasteiger partial charge in [-0.2, -0.15) is 11.8 Å². The van der Waals surface area contributed by atoms with Crippen LogP contribution in [0, 0.1) is 11.8 Å². The van der Waals surface area contributed by atoms with Gasteiger partial charge in [-0.05, 0) is 44.7 Å². The molecule has 2 aliphatic rings. The van der Waals surface area contributed by atoms with E-state index in [0.717, 1.165) is 62.4 Å². The third-order valence-electron chi connectivity index (χ3n) is 5.29. The molecular weight excluding hydrogens is 332 g/mol. The van der Waals surface area contributed by atoms with Gasteiger partial charge in [0.1, 0.15) is 0 Å². The quantitative estimate of drug-likeness (QED) is 0.550. The van der Waals surface area contributed by atoms with E-state index < -0.39 is 0 Å². The molecule has 2 aliphatic heterocycles. The van der Waals surface area contributed by atoms with Gasteiger partial charge >= 0.3 is 0 Å². The Morgan fingerprint density at radius 1 is 1.28 bits per heavy atom. The molecule has 5 nitrogen and oxygen atoms in total. The largest absolute Gasteiger partial charge is 0.383 e. The van der Waals surface area contributed by atoms with E-state index in [1.165, 1.54) is 31.7 Å². The predicted molar refractivity (Wildman–Crippen MR) is 110 cm³/mol. The third kappa shape index (κ3) is 6.99. The zero-order valence-electron chi connectivity index (χ0n) is 16.7. The normalized spacial score (nSPS) is 24.1. The molecule has 2 fully saturated rings. The van der Waals surface area contributed by atoms with Crippen molar-refractivity contribution in [2.75, 3.05) is 65.3 Å². The molecule has 2 saturated heterocycles. The van der Waals surface area contributed by atoms with Crippen LogP contribution in [-0.2, 0) is 4.74 Å². The fraction of sp³-hybridized carbons (Fsp3) is 0.947. The predicted octanol–water partition coefficient (Wildman–Crippen LogP) is 2.38. The lowest BCUT2D eigenvalue weighted by Crippen LogP contribution is -2.49. The van der Waals surface area contributed by atoms with Crippen molar-refractivity contribution in [2.45, 2.75) is 38.9 Å². The summed E-state index contributed by atoms with van der Waals surface area (Å²) in [5, 5.41) is 4.25. The smallest absolute Gasteiger partial charge is 0.193 e. The summed E-state index contributed by atoms with van der Waals surface area (Å²) in [6.45, 7) is 15.3. The summed E-state index contributed by atoms with van der Waals surface area (Å²) in [5.41, 5.74) is 0. The minimum Gasteiger partial charge on any atom is -0.383 e. The topological polar surface area (TPSA) is 40.1 Å². The monoisotopic (exact) mass is 370 g/mol. The first-order valence-electron chi connectivity index (χ1n) is 10.00. The molecule has 1 atom stereocenters. The Morgan fingerprint density at radius 3 is 2.68 bits per heavy atom. The summed E-state index contributed by atoms with van der Waals surface area (Å²) in [4.78, 5) is 10.0. The van der Waals surface area contributed by atoms with Crippen LogP contribution in [-0.4, -0.2) is 86.3 Å². The van der Waals surface area contributed by atoms with Gasteiger partial charge in [0.25, 0.3) is 0 Å². The molecule has 0 amide bonds. The van der Waals surface area contributed by atoms with Crippen molar-refractivity contribution in [3.8, 4) is 0 Å². The second-order valence-electron chi connectivity index (χ2n) is 7.57. The Hall–Kier alpha value is -0.460. The molecule has 6 heteroatoms. The first-order valence-corrected chi connectivity index (χ1v) is 11.0. The van der Waals surface area contributed by atoms with E-state index in [2.05, 4.69) is 47.6 Å². The first-order chi connectivity index (χ1) is 12.1. The van der Waals surface area contributed by atoms with Crippen LogP contribution < -0.4 is 5.32 Å². The van der Waals surface area contributed by atoms with Crippen molar-refractivity contribution in [1.29, 1.82) is 0 Å². The number of piperidine rings is 1. The number of likely N-dealkylation sites (tertiary alicyclic amines) is 1. The maximum absolute atomic E-state index is 5.19. The Labute approximate surface area is 158 Å².